The quantitative estimate of drug-likeness (QED) is 0.201. The predicted octanol–water partition coefficient (Wildman–Crippen LogP) is 8.08. The van der Waals surface area contributed by atoms with Crippen LogP contribution < -0.4 is 21.2 Å². The highest BCUT2D eigenvalue weighted by Crippen LogP contribution is 2.61. The molecule has 0 amide bonds. The van der Waals surface area contributed by atoms with Gasteiger partial charge in [-0.05, 0) is 97.7 Å². The second kappa shape index (κ2) is 11.9. The van der Waals surface area contributed by atoms with Crippen LogP contribution in [0.3, 0.4) is 0 Å². The van der Waals surface area contributed by atoms with E-state index in [0.717, 1.165) is 23.7 Å². The molecule has 3 aliphatic rings. The minimum Gasteiger partial charge on any atom is -0.0622 e. The van der Waals surface area contributed by atoms with E-state index >= 15 is 0 Å². The maximum Gasteiger partial charge on any atom is -0.0123 e. The van der Waals surface area contributed by atoms with E-state index in [0.29, 0.717) is 11.3 Å². The van der Waals surface area contributed by atoms with Crippen molar-refractivity contribution >= 4 is 37.1 Å². The lowest BCUT2D eigenvalue weighted by atomic mass is 9.57. The summed E-state index contributed by atoms with van der Waals surface area (Å²) in [6.45, 7) is 5.26. The van der Waals surface area contributed by atoms with Gasteiger partial charge in [-0.1, -0.05) is 135 Å². The highest BCUT2D eigenvalue weighted by atomic mass is 31.1. The summed E-state index contributed by atoms with van der Waals surface area (Å²) < 4.78 is 0. The second-order valence-corrected chi connectivity index (χ2v) is 16.6. The van der Waals surface area contributed by atoms with Crippen LogP contribution >= 0.6 is 15.8 Å². The van der Waals surface area contributed by atoms with Crippen molar-refractivity contribution in [2.75, 3.05) is 0 Å². The first-order chi connectivity index (χ1) is 18.7. The van der Waals surface area contributed by atoms with Crippen molar-refractivity contribution in [2.45, 2.75) is 50.8 Å². The molecule has 0 unspecified atom stereocenters. The lowest BCUT2D eigenvalue weighted by Crippen LogP contribution is -2.50. The largest absolute Gasteiger partial charge is 0.0622 e. The lowest BCUT2D eigenvalue weighted by Gasteiger charge is -2.55. The van der Waals surface area contributed by atoms with Crippen molar-refractivity contribution in [2.24, 2.45) is 23.7 Å². The topological polar surface area (TPSA) is 0 Å². The molecular formula is C36H40P2. The Hall–Kier alpha value is -2.26. The molecule has 4 atom stereocenters. The highest BCUT2D eigenvalue weighted by Gasteiger charge is 2.50. The second-order valence-electron chi connectivity index (χ2n) is 11.4. The summed E-state index contributed by atoms with van der Waals surface area (Å²) in [6.07, 6.45) is 5.74. The van der Waals surface area contributed by atoms with Crippen LogP contribution in [0, 0.1) is 23.7 Å². The Balaban J connectivity index is 1.42. The Bertz CT molecular complexity index is 1080. The van der Waals surface area contributed by atoms with Gasteiger partial charge in [0.15, 0.2) is 0 Å². The van der Waals surface area contributed by atoms with Crippen LogP contribution in [0.25, 0.3) is 0 Å². The van der Waals surface area contributed by atoms with E-state index in [1.165, 1.54) is 25.7 Å². The highest BCUT2D eigenvalue weighted by molar-refractivity contribution is 7.74. The Morgan fingerprint density at radius 1 is 0.421 bits per heavy atom. The Morgan fingerprint density at radius 2 is 0.658 bits per heavy atom. The standard InChI is InChI=1S/C36H40P2/c1-27(37(31-15-7-3-8-16-31)32-17-9-4-10-18-32)35-29-23-25-30(26-24-29)36(35)28(2)38(33-19-11-5-12-20-33)34-21-13-6-14-22-34/h3-22,27-30,35-36H,23-26H2,1-2H3/t27-,28-,29?,30?,35+,36+/m1/s1. The van der Waals surface area contributed by atoms with E-state index in [1.807, 2.05) is 0 Å². The molecular weight excluding hydrogens is 494 g/mol. The van der Waals surface area contributed by atoms with Crippen LogP contribution in [0.1, 0.15) is 39.5 Å². The van der Waals surface area contributed by atoms with Crippen molar-refractivity contribution in [3.63, 3.8) is 0 Å². The molecule has 2 bridgehead atoms. The van der Waals surface area contributed by atoms with E-state index < -0.39 is 15.8 Å². The maximum absolute atomic E-state index is 2.63. The van der Waals surface area contributed by atoms with Crippen LogP contribution in [0.15, 0.2) is 121 Å². The molecule has 0 nitrogen and oxygen atoms in total. The van der Waals surface area contributed by atoms with Gasteiger partial charge in [-0.25, -0.2) is 0 Å². The fourth-order valence-electron chi connectivity index (χ4n) is 7.91. The van der Waals surface area contributed by atoms with E-state index in [1.54, 1.807) is 21.2 Å². The maximum atomic E-state index is 2.63. The zero-order chi connectivity index (χ0) is 25.9. The normalized spacial score (nSPS) is 24.4. The first-order valence-corrected chi connectivity index (χ1v) is 17.3. The van der Waals surface area contributed by atoms with Crippen molar-refractivity contribution in [1.29, 1.82) is 0 Å². The molecule has 0 heterocycles. The van der Waals surface area contributed by atoms with Gasteiger partial charge >= 0.3 is 0 Å². The van der Waals surface area contributed by atoms with Gasteiger partial charge < -0.3 is 0 Å². The Morgan fingerprint density at radius 3 is 0.895 bits per heavy atom. The molecule has 0 radical (unpaired) electrons. The van der Waals surface area contributed by atoms with Gasteiger partial charge in [0, 0.05) is 0 Å². The van der Waals surface area contributed by atoms with Crippen LogP contribution in [-0.4, -0.2) is 11.3 Å². The molecule has 3 fully saturated rings. The SMILES string of the molecule is C[C@H]([C@H]1C2CCC(CC2)[C@@H]1[C@@H](C)P(c1ccccc1)c1ccccc1)P(c1ccccc1)c1ccccc1. The predicted molar refractivity (Wildman–Crippen MR) is 169 cm³/mol. The average molecular weight is 535 g/mol. The minimum absolute atomic E-state index is 0.419. The van der Waals surface area contributed by atoms with Gasteiger partial charge in [0.25, 0.3) is 0 Å². The summed E-state index contributed by atoms with van der Waals surface area (Å²) in [6, 6.07) is 45.9. The number of hydrogen-bond donors (Lipinski definition) is 0. The molecule has 4 aromatic rings. The zero-order valence-electron chi connectivity index (χ0n) is 22.7. The minimum atomic E-state index is -0.419. The molecule has 3 saturated carbocycles. The molecule has 0 spiro atoms. The summed E-state index contributed by atoms with van der Waals surface area (Å²) in [5.41, 5.74) is 1.33. The van der Waals surface area contributed by atoms with Gasteiger partial charge in [-0.2, -0.15) is 0 Å². The fourth-order valence-corrected chi connectivity index (χ4v) is 13.9. The van der Waals surface area contributed by atoms with Crippen molar-refractivity contribution in [3.8, 4) is 0 Å². The number of rotatable bonds is 8. The Kier molecular flexibility index (Phi) is 8.11. The fraction of sp³-hybridized carbons (Fsp3) is 0.333. The molecule has 0 aromatic heterocycles. The van der Waals surface area contributed by atoms with Crippen molar-refractivity contribution in [3.05, 3.63) is 121 Å². The Labute approximate surface area is 232 Å². The third-order valence-corrected chi connectivity index (χ3v) is 15.2. The van der Waals surface area contributed by atoms with Gasteiger partial charge in [0.1, 0.15) is 0 Å². The number of fused-ring (bicyclic) bond motifs is 3. The molecule has 2 heteroatoms. The van der Waals surface area contributed by atoms with Gasteiger partial charge in [0.2, 0.25) is 0 Å². The van der Waals surface area contributed by atoms with Crippen LogP contribution in [0.4, 0.5) is 0 Å². The molecule has 7 rings (SSSR count). The molecule has 3 aliphatic carbocycles. The van der Waals surface area contributed by atoms with E-state index in [4.69, 9.17) is 0 Å². The van der Waals surface area contributed by atoms with Gasteiger partial charge in [0.05, 0.1) is 0 Å². The molecule has 0 N–H and O–H groups in total. The zero-order valence-corrected chi connectivity index (χ0v) is 24.5. The van der Waals surface area contributed by atoms with Gasteiger partial charge in [-0.3, -0.25) is 0 Å². The number of hydrogen-bond acceptors (Lipinski definition) is 0. The average Bonchev–Trinajstić information content (AvgIpc) is 2.99. The molecule has 4 aromatic carbocycles. The third-order valence-electron chi connectivity index (χ3n) is 9.42. The summed E-state index contributed by atoms with van der Waals surface area (Å²) in [5.74, 6) is 3.29. The van der Waals surface area contributed by atoms with E-state index in [-0.39, 0.29) is 0 Å². The van der Waals surface area contributed by atoms with Crippen molar-refractivity contribution < 1.29 is 0 Å². The monoisotopic (exact) mass is 534 g/mol. The third kappa shape index (κ3) is 5.16. The van der Waals surface area contributed by atoms with E-state index in [9.17, 15) is 0 Å². The van der Waals surface area contributed by atoms with Crippen LogP contribution in [-0.2, 0) is 0 Å². The molecule has 0 aliphatic heterocycles. The first-order valence-electron chi connectivity index (χ1n) is 14.5. The summed E-state index contributed by atoms with van der Waals surface area (Å²) in [7, 11) is -0.837. The first kappa shape index (κ1) is 26.0. The van der Waals surface area contributed by atoms with Crippen LogP contribution in [0.5, 0.6) is 0 Å². The summed E-state index contributed by atoms with van der Waals surface area (Å²) in [5, 5.41) is 6.18. The molecule has 194 valence electrons. The smallest absolute Gasteiger partial charge is 0.0123 e. The van der Waals surface area contributed by atoms with Crippen LogP contribution in [0.2, 0.25) is 0 Å². The van der Waals surface area contributed by atoms with Gasteiger partial charge in [-0.15, -0.1) is 0 Å². The molecule has 38 heavy (non-hydrogen) atoms. The molecule has 0 saturated heterocycles. The lowest BCUT2D eigenvalue weighted by molar-refractivity contribution is 0.0243. The summed E-state index contributed by atoms with van der Waals surface area (Å²) in [4.78, 5) is 0. The van der Waals surface area contributed by atoms with E-state index in [2.05, 4.69) is 135 Å². The van der Waals surface area contributed by atoms with Crippen molar-refractivity contribution in [1.82, 2.24) is 0 Å². The number of benzene rings is 4. The summed E-state index contributed by atoms with van der Waals surface area (Å²) >= 11 is 0.